The largest absolute Gasteiger partial charge is 0.478 e. The molecule has 1 aromatic heterocycles. The Balaban J connectivity index is 1.67. The Morgan fingerprint density at radius 2 is 1.50 bits per heavy atom. The van der Waals surface area contributed by atoms with Gasteiger partial charge in [-0.2, -0.15) is 0 Å². The lowest BCUT2D eigenvalue weighted by atomic mass is 9.87. The van der Waals surface area contributed by atoms with E-state index >= 15 is 0 Å². The molecule has 0 unspecified atom stereocenters. The molecular formula is C28H33N3O5. The first kappa shape index (κ1) is 26.5. The maximum Gasteiger partial charge on any atom is 0.344 e. The van der Waals surface area contributed by atoms with Crippen LogP contribution in [0.5, 0.6) is 17.4 Å². The number of carbonyl (C=O) groups is 2. The van der Waals surface area contributed by atoms with Crippen molar-refractivity contribution in [2.75, 3.05) is 17.2 Å². The van der Waals surface area contributed by atoms with Crippen molar-refractivity contribution >= 4 is 23.4 Å². The van der Waals surface area contributed by atoms with E-state index in [1.807, 2.05) is 24.3 Å². The summed E-state index contributed by atoms with van der Waals surface area (Å²) in [6.45, 7) is 11.5. The van der Waals surface area contributed by atoms with E-state index in [0.29, 0.717) is 22.9 Å². The predicted octanol–water partition coefficient (Wildman–Crippen LogP) is 6.54. The standard InChI is InChI=1S/C28H33N3O5/c1-27(2,3)19-13-15-20(16-14-19)30-26(33)31-21-10-9-17-29-25(21)35-23-12-8-7-11-22(23)34-18-24(32)36-28(4,5)6/h7-17H,18H2,1-6H3,(H2,30,31,33). The van der Waals surface area contributed by atoms with Crippen molar-refractivity contribution in [3.8, 4) is 17.4 Å². The van der Waals surface area contributed by atoms with Crippen LogP contribution in [0.4, 0.5) is 16.2 Å². The van der Waals surface area contributed by atoms with Crippen molar-refractivity contribution in [3.63, 3.8) is 0 Å². The summed E-state index contributed by atoms with van der Waals surface area (Å²) in [5.41, 5.74) is 1.61. The maximum absolute atomic E-state index is 12.6. The van der Waals surface area contributed by atoms with Crippen LogP contribution in [0.2, 0.25) is 0 Å². The van der Waals surface area contributed by atoms with Crippen LogP contribution in [0.25, 0.3) is 0 Å². The van der Waals surface area contributed by atoms with Crippen LogP contribution < -0.4 is 20.1 Å². The second kappa shape index (κ2) is 11.1. The summed E-state index contributed by atoms with van der Waals surface area (Å²) in [6.07, 6.45) is 1.55. The molecule has 3 rings (SSSR count). The fourth-order valence-electron chi connectivity index (χ4n) is 3.17. The van der Waals surface area contributed by atoms with Gasteiger partial charge in [-0.05, 0) is 68.1 Å². The fraction of sp³-hybridized carbons (Fsp3) is 0.321. The molecule has 190 valence electrons. The number of carbonyl (C=O) groups excluding carboxylic acids is 2. The lowest BCUT2D eigenvalue weighted by Gasteiger charge is -2.20. The summed E-state index contributed by atoms with van der Waals surface area (Å²) in [7, 11) is 0. The molecule has 2 aromatic carbocycles. The lowest BCUT2D eigenvalue weighted by molar-refractivity contribution is -0.157. The highest BCUT2D eigenvalue weighted by Gasteiger charge is 2.18. The van der Waals surface area contributed by atoms with Crippen LogP contribution in [0.3, 0.4) is 0 Å². The van der Waals surface area contributed by atoms with Crippen molar-refractivity contribution in [1.29, 1.82) is 0 Å². The molecule has 36 heavy (non-hydrogen) atoms. The van der Waals surface area contributed by atoms with Gasteiger partial charge in [-0.15, -0.1) is 0 Å². The predicted molar refractivity (Wildman–Crippen MR) is 140 cm³/mol. The molecule has 2 amide bonds. The van der Waals surface area contributed by atoms with Crippen molar-refractivity contribution in [2.45, 2.75) is 52.6 Å². The first-order chi connectivity index (χ1) is 16.9. The van der Waals surface area contributed by atoms with Gasteiger partial charge in [-0.25, -0.2) is 14.6 Å². The zero-order chi connectivity index (χ0) is 26.3. The number of amides is 2. The number of esters is 1. The normalized spacial score (nSPS) is 11.4. The second-order valence-electron chi connectivity index (χ2n) is 10.2. The van der Waals surface area contributed by atoms with Crippen LogP contribution in [-0.4, -0.2) is 29.2 Å². The summed E-state index contributed by atoms with van der Waals surface area (Å²) in [5, 5.41) is 5.58. The van der Waals surface area contributed by atoms with Gasteiger partial charge in [0.25, 0.3) is 0 Å². The average Bonchev–Trinajstić information content (AvgIpc) is 2.78. The van der Waals surface area contributed by atoms with E-state index in [1.54, 1.807) is 63.4 Å². The molecule has 3 aromatic rings. The van der Waals surface area contributed by atoms with E-state index < -0.39 is 17.6 Å². The quantitative estimate of drug-likeness (QED) is 0.364. The minimum Gasteiger partial charge on any atom is -0.478 e. The molecular weight excluding hydrogens is 458 g/mol. The molecule has 0 atom stereocenters. The van der Waals surface area contributed by atoms with E-state index in [1.165, 1.54) is 5.56 Å². The highest BCUT2D eigenvalue weighted by atomic mass is 16.6. The van der Waals surface area contributed by atoms with Gasteiger partial charge < -0.3 is 24.8 Å². The van der Waals surface area contributed by atoms with E-state index in [9.17, 15) is 9.59 Å². The molecule has 0 saturated carbocycles. The third-order valence-electron chi connectivity index (χ3n) is 4.85. The van der Waals surface area contributed by atoms with E-state index in [4.69, 9.17) is 14.2 Å². The molecule has 1 heterocycles. The number of pyridine rings is 1. The summed E-state index contributed by atoms with van der Waals surface area (Å²) in [4.78, 5) is 28.9. The molecule has 2 N–H and O–H groups in total. The number of benzene rings is 2. The highest BCUT2D eigenvalue weighted by molar-refractivity contribution is 6.00. The Morgan fingerprint density at radius 1 is 0.833 bits per heavy atom. The fourth-order valence-corrected chi connectivity index (χ4v) is 3.17. The smallest absolute Gasteiger partial charge is 0.344 e. The number of rotatable bonds is 7. The van der Waals surface area contributed by atoms with E-state index in [-0.39, 0.29) is 17.9 Å². The number of anilines is 2. The maximum atomic E-state index is 12.6. The first-order valence-corrected chi connectivity index (χ1v) is 11.7. The van der Waals surface area contributed by atoms with Crippen LogP contribution in [0.15, 0.2) is 66.9 Å². The number of nitrogens with zero attached hydrogens (tertiary/aromatic N) is 1. The van der Waals surface area contributed by atoms with Crippen LogP contribution in [0.1, 0.15) is 47.1 Å². The van der Waals surface area contributed by atoms with Crippen molar-refractivity contribution in [3.05, 3.63) is 72.4 Å². The third-order valence-corrected chi connectivity index (χ3v) is 4.85. The molecule has 0 aliphatic carbocycles. The number of para-hydroxylation sites is 2. The number of hydrogen-bond donors (Lipinski definition) is 2. The molecule has 0 bridgehead atoms. The van der Waals surface area contributed by atoms with Gasteiger partial charge in [0.05, 0.1) is 0 Å². The summed E-state index contributed by atoms with van der Waals surface area (Å²) >= 11 is 0. The molecule has 0 spiro atoms. The Kier molecular flexibility index (Phi) is 8.19. The van der Waals surface area contributed by atoms with Crippen molar-refractivity contribution in [2.24, 2.45) is 0 Å². The number of hydrogen-bond acceptors (Lipinski definition) is 6. The number of aromatic nitrogens is 1. The van der Waals surface area contributed by atoms with Gasteiger partial charge in [0.15, 0.2) is 18.1 Å². The average molecular weight is 492 g/mol. The molecule has 8 nitrogen and oxygen atoms in total. The molecule has 0 radical (unpaired) electrons. The van der Waals surface area contributed by atoms with Gasteiger partial charge in [-0.3, -0.25) is 0 Å². The molecule has 0 fully saturated rings. The molecule has 8 heteroatoms. The zero-order valence-corrected chi connectivity index (χ0v) is 21.5. The number of ether oxygens (including phenoxy) is 3. The number of urea groups is 1. The summed E-state index contributed by atoms with van der Waals surface area (Å²) in [6, 6.07) is 17.5. The van der Waals surface area contributed by atoms with Crippen molar-refractivity contribution < 1.29 is 23.8 Å². The van der Waals surface area contributed by atoms with Gasteiger partial charge in [0.2, 0.25) is 5.88 Å². The Hall–Kier alpha value is -4.07. The van der Waals surface area contributed by atoms with Gasteiger partial charge in [0.1, 0.15) is 11.3 Å². The molecule has 0 saturated heterocycles. The topological polar surface area (TPSA) is 98.8 Å². The van der Waals surface area contributed by atoms with Crippen LogP contribution >= 0.6 is 0 Å². The molecule has 0 aliphatic heterocycles. The molecule has 0 aliphatic rings. The Bertz CT molecular complexity index is 1190. The highest BCUT2D eigenvalue weighted by Crippen LogP contribution is 2.34. The minimum absolute atomic E-state index is 0.0235. The minimum atomic E-state index is -0.611. The van der Waals surface area contributed by atoms with E-state index in [2.05, 4.69) is 36.4 Å². The Morgan fingerprint density at radius 3 is 2.14 bits per heavy atom. The van der Waals surface area contributed by atoms with Gasteiger partial charge >= 0.3 is 12.0 Å². The first-order valence-electron chi connectivity index (χ1n) is 11.7. The zero-order valence-electron chi connectivity index (χ0n) is 21.5. The van der Waals surface area contributed by atoms with Crippen molar-refractivity contribution in [1.82, 2.24) is 4.98 Å². The third kappa shape index (κ3) is 8.01. The van der Waals surface area contributed by atoms with Gasteiger partial charge in [0, 0.05) is 11.9 Å². The van der Waals surface area contributed by atoms with E-state index in [0.717, 1.165) is 0 Å². The second-order valence-corrected chi connectivity index (χ2v) is 10.2. The SMILES string of the molecule is CC(C)(C)OC(=O)COc1ccccc1Oc1ncccc1NC(=O)Nc1ccc(C(C)(C)C)cc1. The monoisotopic (exact) mass is 491 g/mol. The van der Waals surface area contributed by atoms with Gasteiger partial charge in [-0.1, -0.05) is 45.0 Å². The van der Waals surface area contributed by atoms with Crippen LogP contribution in [0, 0.1) is 0 Å². The number of nitrogens with one attached hydrogen (secondary N) is 2. The summed E-state index contributed by atoms with van der Waals surface area (Å²) in [5.74, 6) is 0.345. The Labute approximate surface area is 212 Å². The van der Waals surface area contributed by atoms with Crippen LogP contribution in [-0.2, 0) is 14.9 Å². The lowest BCUT2D eigenvalue weighted by Crippen LogP contribution is -2.27. The summed E-state index contributed by atoms with van der Waals surface area (Å²) < 4.78 is 16.9.